The molecule has 8 heteroatoms. The molecule has 5 rings (SSSR count). The van der Waals surface area contributed by atoms with Crippen molar-refractivity contribution >= 4 is 34.7 Å². The predicted molar refractivity (Wildman–Crippen MR) is 159 cm³/mol. The number of fused-ring (bicyclic) bond motifs is 1. The van der Waals surface area contributed by atoms with E-state index in [-0.39, 0.29) is 24.3 Å². The minimum atomic E-state index is -1.19. The van der Waals surface area contributed by atoms with Crippen LogP contribution in [-0.4, -0.2) is 34.5 Å². The summed E-state index contributed by atoms with van der Waals surface area (Å²) in [5, 5.41) is 0. The zero-order chi connectivity index (χ0) is 28.9. The summed E-state index contributed by atoms with van der Waals surface area (Å²) in [7, 11) is 0. The van der Waals surface area contributed by atoms with Gasteiger partial charge in [-0.2, -0.15) is 0 Å². The van der Waals surface area contributed by atoms with Gasteiger partial charge in [-0.3, -0.25) is 4.79 Å². The highest BCUT2D eigenvalue weighted by molar-refractivity contribution is 6.00. The largest absolute Gasteiger partial charge is 0.412 e. The Kier molecular flexibility index (Phi) is 8.47. The molecule has 0 radical (unpaired) electrons. The number of carbonyl (C=O) groups is 3. The Morgan fingerprint density at radius 1 is 0.976 bits per heavy atom. The molecular weight excluding hydrogens is 516 g/mol. The number of benzene rings is 3. The first-order chi connectivity index (χ1) is 19.8. The molecule has 8 nitrogen and oxygen atoms in total. The fourth-order valence-corrected chi connectivity index (χ4v) is 5.83. The monoisotopic (exact) mass is 552 g/mol. The molecule has 1 fully saturated rings. The number of amides is 2. The number of hydrogen-bond donors (Lipinski definition) is 2. The maximum absolute atomic E-state index is 14.0. The van der Waals surface area contributed by atoms with Crippen molar-refractivity contribution in [3.8, 4) is 0 Å². The van der Waals surface area contributed by atoms with Crippen molar-refractivity contribution in [3.05, 3.63) is 95.3 Å². The number of aromatic amines is 1. The summed E-state index contributed by atoms with van der Waals surface area (Å²) in [6.45, 7) is 3.88. The highest BCUT2D eigenvalue weighted by atomic mass is 16.6. The minimum Gasteiger partial charge on any atom is -0.375 e. The summed E-state index contributed by atoms with van der Waals surface area (Å²) in [6, 6.07) is 23.8. The molecule has 212 valence electrons. The van der Waals surface area contributed by atoms with Gasteiger partial charge in [-0.15, -0.1) is 0 Å². The van der Waals surface area contributed by atoms with E-state index in [1.165, 1.54) is 16.0 Å². The summed E-state index contributed by atoms with van der Waals surface area (Å²) >= 11 is 0. The molecule has 4 aromatic rings. The van der Waals surface area contributed by atoms with Gasteiger partial charge in [-0.05, 0) is 60.1 Å². The summed E-state index contributed by atoms with van der Waals surface area (Å²) in [5.74, 6) is 0.0162. The average Bonchev–Trinajstić information content (AvgIpc) is 3.42. The van der Waals surface area contributed by atoms with Crippen LogP contribution in [0.4, 0.5) is 10.5 Å². The summed E-state index contributed by atoms with van der Waals surface area (Å²) in [4.78, 5) is 47.2. The first-order valence-corrected chi connectivity index (χ1v) is 14.2. The normalized spacial score (nSPS) is 17.0. The number of primary amides is 1. The third-order valence-electron chi connectivity index (χ3n) is 7.88. The van der Waals surface area contributed by atoms with Gasteiger partial charge in [0, 0.05) is 17.5 Å². The third kappa shape index (κ3) is 6.48. The number of para-hydroxylation sites is 2. The zero-order valence-electron chi connectivity index (χ0n) is 23.5. The van der Waals surface area contributed by atoms with E-state index in [1.54, 1.807) is 24.3 Å². The van der Waals surface area contributed by atoms with Gasteiger partial charge < -0.3 is 20.4 Å². The zero-order valence-corrected chi connectivity index (χ0v) is 23.5. The van der Waals surface area contributed by atoms with Crippen LogP contribution in [0.5, 0.6) is 0 Å². The number of carbonyl (C=O) groups excluding carboxylic acids is 3. The molecule has 1 aromatic heterocycles. The molecule has 41 heavy (non-hydrogen) atoms. The van der Waals surface area contributed by atoms with Crippen molar-refractivity contribution in [2.24, 2.45) is 11.7 Å². The highest BCUT2D eigenvalue weighted by Crippen LogP contribution is 2.40. The molecule has 1 heterocycles. The molecule has 1 aliphatic rings. The Balaban J connectivity index is 1.37. The van der Waals surface area contributed by atoms with E-state index in [4.69, 9.17) is 10.7 Å². The van der Waals surface area contributed by atoms with Crippen LogP contribution in [0.2, 0.25) is 0 Å². The van der Waals surface area contributed by atoms with Crippen LogP contribution in [0.1, 0.15) is 73.9 Å². The Morgan fingerprint density at radius 2 is 1.71 bits per heavy atom. The second-order valence-corrected chi connectivity index (χ2v) is 11.1. The second kappa shape index (κ2) is 12.4. The van der Waals surface area contributed by atoms with Gasteiger partial charge >= 0.3 is 12.1 Å². The van der Waals surface area contributed by atoms with E-state index in [9.17, 15) is 14.4 Å². The van der Waals surface area contributed by atoms with Crippen LogP contribution in [0, 0.1) is 5.92 Å². The number of nitrogens with zero attached hydrogens (tertiary/aromatic N) is 2. The van der Waals surface area contributed by atoms with Gasteiger partial charge in [-0.1, -0.05) is 81.3 Å². The number of imidazole rings is 1. The van der Waals surface area contributed by atoms with Crippen molar-refractivity contribution < 1.29 is 19.1 Å². The Labute approximate surface area is 239 Å². The standard InChI is InChI=1S/C33H36N4O4/c1-21(2)31-35-28-14-8-9-24(30(28)36-31)19-22-15-17-23(18-16-22)26-12-6-7-13-27(26)32(39)37(20-29(38)41-33(34)40)25-10-4-3-5-11-25/h3-5,8-11,14-18,21,26-27H,6-7,12-13,19-20H2,1-2H3,(H2,34,40)(H,35,36)/t26-,27+/m0/s1. The second-order valence-electron chi connectivity index (χ2n) is 11.1. The molecule has 1 aliphatic carbocycles. The van der Waals surface area contributed by atoms with Crippen LogP contribution >= 0.6 is 0 Å². The number of rotatable bonds is 8. The number of ether oxygens (including phenoxy) is 1. The number of esters is 1. The van der Waals surface area contributed by atoms with Gasteiger partial charge in [-0.25, -0.2) is 14.6 Å². The molecule has 1 saturated carbocycles. The van der Waals surface area contributed by atoms with E-state index in [0.717, 1.165) is 54.5 Å². The van der Waals surface area contributed by atoms with E-state index in [0.29, 0.717) is 11.6 Å². The number of hydrogen-bond acceptors (Lipinski definition) is 5. The minimum absolute atomic E-state index is 0.0204. The van der Waals surface area contributed by atoms with Crippen LogP contribution in [-0.2, 0) is 20.7 Å². The van der Waals surface area contributed by atoms with Crippen molar-refractivity contribution in [1.29, 1.82) is 0 Å². The molecule has 0 spiro atoms. The maximum atomic E-state index is 14.0. The number of H-pyrrole nitrogens is 1. The third-order valence-corrected chi connectivity index (χ3v) is 7.88. The van der Waals surface area contributed by atoms with E-state index >= 15 is 0 Å². The lowest BCUT2D eigenvalue weighted by molar-refractivity contribution is -0.137. The van der Waals surface area contributed by atoms with Gasteiger partial charge in [0.1, 0.15) is 12.4 Å². The number of anilines is 1. The number of nitrogens with two attached hydrogens (primary N) is 1. The van der Waals surface area contributed by atoms with Gasteiger partial charge in [0.25, 0.3) is 0 Å². The van der Waals surface area contributed by atoms with E-state index in [1.807, 2.05) is 6.07 Å². The predicted octanol–water partition coefficient (Wildman–Crippen LogP) is 6.21. The number of nitrogens with one attached hydrogen (secondary N) is 1. The molecule has 0 bridgehead atoms. The summed E-state index contributed by atoms with van der Waals surface area (Å²) < 4.78 is 4.55. The first-order valence-electron chi connectivity index (χ1n) is 14.2. The van der Waals surface area contributed by atoms with Crippen molar-refractivity contribution in [1.82, 2.24) is 9.97 Å². The molecule has 0 unspecified atom stereocenters. The molecule has 0 saturated heterocycles. The smallest absolute Gasteiger partial charge is 0.375 e. The summed E-state index contributed by atoms with van der Waals surface area (Å²) in [6.07, 6.45) is 3.15. The fraction of sp³-hybridized carbons (Fsp3) is 0.333. The van der Waals surface area contributed by atoms with E-state index in [2.05, 4.69) is 66.0 Å². The average molecular weight is 553 g/mol. The van der Waals surface area contributed by atoms with Crippen LogP contribution in [0.25, 0.3) is 11.0 Å². The molecular formula is C33H36N4O4. The SMILES string of the molecule is CC(C)c1nc2c(Cc3ccc([C@@H]4CCCC[C@H]4C(=O)N(CC(=O)OC(N)=O)c4ccccc4)cc3)cccc2[nH]1. The quantitative estimate of drug-likeness (QED) is 0.199. The van der Waals surface area contributed by atoms with Crippen molar-refractivity contribution in [2.45, 2.75) is 57.8 Å². The van der Waals surface area contributed by atoms with Gasteiger partial charge in [0.2, 0.25) is 5.91 Å². The van der Waals surface area contributed by atoms with Crippen molar-refractivity contribution in [2.75, 3.05) is 11.4 Å². The lowest BCUT2D eigenvalue weighted by Crippen LogP contribution is -2.43. The van der Waals surface area contributed by atoms with Crippen LogP contribution < -0.4 is 10.6 Å². The molecule has 3 N–H and O–H groups in total. The summed E-state index contributed by atoms with van der Waals surface area (Å²) in [5.41, 5.74) is 11.1. The molecule has 0 aliphatic heterocycles. The first kappa shape index (κ1) is 28.1. The lowest BCUT2D eigenvalue weighted by atomic mass is 9.74. The topological polar surface area (TPSA) is 118 Å². The number of aromatic nitrogens is 2. The van der Waals surface area contributed by atoms with Crippen molar-refractivity contribution in [3.63, 3.8) is 0 Å². The van der Waals surface area contributed by atoms with Crippen LogP contribution in [0.3, 0.4) is 0 Å². The highest BCUT2D eigenvalue weighted by Gasteiger charge is 2.36. The van der Waals surface area contributed by atoms with Gasteiger partial charge in [0.15, 0.2) is 0 Å². The molecule has 2 amide bonds. The van der Waals surface area contributed by atoms with Gasteiger partial charge in [0.05, 0.1) is 11.0 Å². The molecule has 3 aromatic carbocycles. The van der Waals surface area contributed by atoms with Crippen LogP contribution in [0.15, 0.2) is 72.8 Å². The Hall–Kier alpha value is -4.46. The maximum Gasteiger partial charge on any atom is 0.412 e. The lowest BCUT2D eigenvalue weighted by Gasteiger charge is -2.35. The Morgan fingerprint density at radius 3 is 2.41 bits per heavy atom. The Bertz CT molecular complexity index is 1530. The fourth-order valence-electron chi connectivity index (χ4n) is 5.83. The molecule has 2 atom stereocenters. The van der Waals surface area contributed by atoms with E-state index < -0.39 is 12.1 Å².